The Hall–Kier alpha value is -3.19. The largest absolute Gasteiger partial charge is 0.348 e. The van der Waals surface area contributed by atoms with Crippen LogP contribution in [0, 0.1) is 12.7 Å². The molecule has 1 amide bonds. The van der Waals surface area contributed by atoms with Gasteiger partial charge in [0.1, 0.15) is 11.6 Å². The molecule has 1 aliphatic heterocycles. The van der Waals surface area contributed by atoms with Gasteiger partial charge in [-0.1, -0.05) is 12.1 Å². The van der Waals surface area contributed by atoms with E-state index in [1.54, 1.807) is 30.7 Å². The highest BCUT2D eigenvalue weighted by Crippen LogP contribution is 2.31. The van der Waals surface area contributed by atoms with Crippen molar-refractivity contribution in [3.05, 3.63) is 89.0 Å². The van der Waals surface area contributed by atoms with E-state index in [-0.39, 0.29) is 17.8 Å². The van der Waals surface area contributed by atoms with Crippen LogP contribution in [0.25, 0.3) is 0 Å². The Morgan fingerprint density at radius 2 is 1.93 bits per heavy atom. The molecule has 0 spiro atoms. The Labute approximate surface area is 175 Å². The van der Waals surface area contributed by atoms with Gasteiger partial charge >= 0.3 is 0 Å². The van der Waals surface area contributed by atoms with E-state index < -0.39 is 0 Å². The first-order valence-electron chi connectivity index (χ1n) is 10.1. The Kier molecular flexibility index (Phi) is 6.09. The van der Waals surface area contributed by atoms with Crippen LogP contribution in [0.3, 0.4) is 0 Å². The third kappa shape index (κ3) is 4.68. The van der Waals surface area contributed by atoms with Crippen LogP contribution in [-0.4, -0.2) is 32.3 Å². The second kappa shape index (κ2) is 9.09. The minimum Gasteiger partial charge on any atom is -0.348 e. The zero-order chi connectivity index (χ0) is 20.9. The number of halogens is 1. The summed E-state index contributed by atoms with van der Waals surface area (Å²) in [7, 11) is 0. The number of likely N-dealkylation sites (tertiary alicyclic amines) is 1. The summed E-state index contributed by atoms with van der Waals surface area (Å²) in [6.07, 6.45) is 7.32. The summed E-state index contributed by atoms with van der Waals surface area (Å²) in [5, 5.41) is 2.85. The van der Waals surface area contributed by atoms with Crippen molar-refractivity contribution in [2.45, 2.75) is 38.9 Å². The molecule has 1 aromatic carbocycles. The van der Waals surface area contributed by atoms with Crippen LogP contribution in [0.2, 0.25) is 0 Å². The van der Waals surface area contributed by atoms with E-state index in [0.29, 0.717) is 17.8 Å². The fourth-order valence-corrected chi connectivity index (χ4v) is 3.78. The fourth-order valence-electron chi connectivity index (χ4n) is 3.78. The van der Waals surface area contributed by atoms with E-state index >= 15 is 0 Å². The van der Waals surface area contributed by atoms with E-state index in [4.69, 9.17) is 0 Å². The van der Waals surface area contributed by atoms with Crippen molar-refractivity contribution in [1.82, 2.24) is 25.2 Å². The van der Waals surface area contributed by atoms with Crippen LogP contribution in [-0.2, 0) is 13.1 Å². The Morgan fingerprint density at radius 1 is 1.17 bits per heavy atom. The summed E-state index contributed by atoms with van der Waals surface area (Å²) in [5.41, 5.74) is 3.16. The molecule has 1 atom stereocenters. The molecule has 0 saturated carbocycles. The van der Waals surface area contributed by atoms with Crippen LogP contribution < -0.4 is 5.32 Å². The van der Waals surface area contributed by atoms with Crippen LogP contribution in [0.15, 0.2) is 55.0 Å². The molecule has 0 aliphatic carbocycles. The minimum absolute atomic E-state index is 0.146. The van der Waals surface area contributed by atoms with Crippen LogP contribution in [0.1, 0.15) is 51.9 Å². The third-order valence-electron chi connectivity index (χ3n) is 5.41. The Bertz CT molecular complexity index is 1010. The van der Waals surface area contributed by atoms with Crippen molar-refractivity contribution in [3.8, 4) is 0 Å². The lowest BCUT2D eigenvalue weighted by molar-refractivity contribution is 0.0949. The number of carbonyl (C=O) groups excluding carboxylic acids is 1. The number of aromatic nitrogens is 3. The summed E-state index contributed by atoms with van der Waals surface area (Å²) in [4.78, 5) is 28.2. The van der Waals surface area contributed by atoms with E-state index in [2.05, 4.69) is 25.2 Å². The number of benzene rings is 1. The van der Waals surface area contributed by atoms with E-state index in [0.717, 1.165) is 37.3 Å². The molecular weight excluding hydrogens is 381 g/mol. The van der Waals surface area contributed by atoms with Gasteiger partial charge in [-0.05, 0) is 61.7 Å². The second-order valence-corrected chi connectivity index (χ2v) is 7.52. The molecule has 1 aliphatic rings. The van der Waals surface area contributed by atoms with Crippen LogP contribution in [0.5, 0.6) is 0 Å². The fraction of sp³-hybridized carbons (Fsp3) is 0.304. The quantitative estimate of drug-likeness (QED) is 0.679. The maximum atomic E-state index is 13.0. The van der Waals surface area contributed by atoms with Gasteiger partial charge in [0.15, 0.2) is 0 Å². The molecule has 4 rings (SSSR count). The van der Waals surface area contributed by atoms with Gasteiger partial charge in [-0.25, -0.2) is 14.4 Å². The highest BCUT2D eigenvalue weighted by molar-refractivity contribution is 5.94. The molecule has 1 saturated heterocycles. The number of hydrogen-bond acceptors (Lipinski definition) is 5. The van der Waals surface area contributed by atoms with Crippen LogP contribution >= 0.6 is 0 Å². The lowest BCUT2D eigenvalue weighted by Gasteiger charge is -2.23. The average molecular weight is 405 g/mol. The van der Waals surface area contributed by atoms with Crippen molar-refractivity contribution in [3.63, 3.8) is 0 Å². The van der Waals surface area contributed by atoms with Crippen molar-refractivity contribution in [2.24, 2.45) is 0 Å². The number of aryl methyl sites for hydroxylation is 1. The first kappa shape index (κ1) is 20.1. The molecular formula is C23H24FN5O. The molecule has 0 bridgehead atoms. The zero-order valence-electron chi connectivity index (χ0n) is 16.9. The minimum atomic E-state index is -0.296. The first-order chi connectivity index (χ1) is 14.6. The highest BCUT2D eigenvalue weighted by Gasteiger charge is 2.29. The van der Waals surface area contributed by atoms with E-state index in [1.807, 2.05) is 19.1 Å². The van der Waals surface area contributed by atoms with Gasteiger partial charge in [-0.15, -0.1) is 0 Å². The lowest BCUT2D eigenvalue weighted by Crippen LogP contribution is -2.27. The predicted molar refractivity (Wildman–Crippen MR) is 111 cm³/mol. The predicted octanol–water partition coefficient (Wildman–Crippen LogP) is 3.59. The van der Waals surface area contributed by atoms with Crippen molar-refractivity contribution in [2.75, 3.05) is 6.54 Å². The number of nitrogens with zero attached hydrogens (tertiary/aromatic N) is 4. The average Bonchev–Trinajstić information content (AvgIpc) is 3.22. The van der Waals surface area contributed by atoms with Crippen molar-refractivity contribution < 1.29 is 9.18 Å². The molecule has 1 fully saturated rings. The molecule has 154 valence electrons. The smallest absolute Gasteiger partial charge is 0.254 e. The summed E-state index contributed by atoms with van der Waals surface area (Å²) in [6, 6.07) is 10.3. The maximum Gasteiger partial charge on any atom is 0.254 e. The lowest BCUT2D eigenvalue weighted by atomic mass is 10.1. The molecule has 3 heterocycles. The third-order valence-corrected chi connectivity index (χ3v) is 5.41. The molecule has 7 heteroatoms. The number of amides is 1. The topological polar surface area (TPSA) is 71.0 Å². The van der Waals surface area contributed by atoms with Gasteiger partial charge in [-0.2, -0.15) is 0 Å². The summed E-state index contributed by atoms with van der Waals surface area (Å²) in [6.45, 7) is 3.98. The van der Waals surface area contributed by atoms with Gasteiger partial charge in [0.2, 0.25) is 0 Å². The van der Waals surface area contributed by atoms with E-state index in [9.17, 15) is 9.18 Å². The number of rotatable bonds is 6. The maximum absolute atomic E-state index is 13.0. The molecule has 0 radical (unpaired) electrons. The zero-order valence-corrected chi connectivity index (χ0v) is 16.9. The number of nitrogens with one attached hydrogen (secondary N) is 1. The van der Waals surface area contributed by atoms with Gasteiger partial charge in [0.05, 0.1) is 17.3 Å². The van der Waals surface area contributed by atoms with Gasteiger partial charge in [0, 0.05) is 31.7 Å². The molecule has 6 nitrogen and oxygen atoms in total. The van der Waals surface area contributed by atoms with Gasteiger partial charge < -0.3 is 5.32 Å². The number of pyridine rings is 1. The summed E-state index contributed by atoms with van der Waals surface area (Å²) >= 11 is 0. The first-order valence-corrected chi connectivity index (χ1v) is 10.1. The molecule has 1 N–H and O–H groups in total. The summed E-state index contributed by atoms with van der Waals surface area (Å²) < 4.78 is 13.0. The van der Waals surface area contributed by atoms with Crippen molar-refractivity contribution in [1.29, 1.82) is 0 Å². The monoisotopic (exact) mass is 405 g/mol. The standard InChI is InChI=1S/C23H24FN5O/c1-16-20(23(30)27-13-17-4-6-19(24)7-5-17)14-26-22(28-16)21-3-2-12-29(21)15-18-8-10-25-11-9-18/h4-11,14,21H,2-3,12-13,15H2,1H3,(H,27,30)/t21-/m1/s1. The normalized spacial score (nSPS) is 16.5. The Balaban J connectivity index is 1.43. The highest BCUT2D eigenvalue weighted by atomic mass is 19.1. The second-order valence-electron chi connectivity index (χ2n) is 7.52. The Morgan fingerprint density at radius 3 is 2.67 bits per heavy atom. The van der Waals surface area contributed by atoms with E-state index in [1.165, 1.54) is 17.7 Å². The van der Waals surface area contributed by atoms with Gasteiger partial charge in [0.25, 0.3) is 5.91 Å². The molecule has 2 aromatic heterocycles. The molecule has 0 unspecified atom stereocenters. The SMILES string of the molecule is Cc1nc([C@H]2CCCN2Cc2ccncc2)ncc1C(=O)NCc1ccc(F)cc1. The molecule has 30 heavy (non-hydrogen) atoms. The van der Waals surface area contributed by atoms with Crippen LogP contribution in [0.4, 0.5) is 4.39 Å². The number of carbonyl (C=O) groups is 1. The van der Waals surface area contributed by atoms with Gasteiger partial charge in [-0.3, -0.25) is 14.7 Å². The van der Waals surface area contributed by atoms with Crippen molar-refractivity contribution >= 4 is 5.91 Å². The molecule has 3 aromatic rings. The number of hydrogen-bond donors (Lipinski definition) is 1. The summed E-state index contributed by atoms with van der Waals surface area (Å²) in [5.74, 6) is 0.229.